The van der Waals surface area contributed by atoms with Crippen molar-refractivity contribution in [3.8, 4) is 17.1 Å². The molecule has 1 fully saturated rings. The maximum absolute atomic E-state index is 12.7. The predicted octanol–water partition coefficient (Wildman–Crippen LogP) is 6.68. The second-order valence-electron chi connectivity index (χ2n) is 6.80. The summed E-state index contributed by atoms with van der Waals surface area (Å²) in [4.78, 5) is 26.4. The highest BCUT2D eigenvalue weighted by Gasteiger charge is 2.35. The van der Waals surface area contributed by atoms with Crippen LogP contribution in [0.5, 0.6) is 5.75 Å². The summed E-state index contributed by atoms with van der Waals surface area (Å²) in [5, 5.41) is 0.471. The van der Waals surface area contributed by atoms with E-state index in [9.17, 15) is 9.59 Å². The molecule has 0 aliphatic carbocycles. The van der Waals surface area contributed by atoms with E-state index in [1.807, 2.05) is 31.2 Å². The van der Waals surface area contributed by atoms with Crippen molar-refractivity contribution in [1.29, 1.82) is 0 Å². The fraction of sp³-hybridized carbons (Fsp3) is 0.130. The minimum Gasteiger partial charge on any atom is -0.492 e. The first-order valence-electron chi connectivity index (χ1n) is 9.41. The number of hydrogen-bond acceptors (Lipinski definition) is 5. The summed E-state index contributed by atoms with van der Waals surface area (Å²) in [6, 6.07) is 16.3. The van der Waals surface area contributed by atoms with Crippen molar-refractivity contribution in [3.05, 3.63) is 80.9 Å². The Morgan fingerprint density at radius 3 is 2.71 bits per heavy atom. The summed E-state index contributed by atoms with van der Waals surface area (Å²) < 4.78 is 11.5. The molecule has 0 unspecified atom stereocenters. The van der Waals surface area contributed by atoms with Gasteiger partial charge >= 0.3 is 0 Å². The van der Waals surface area contributed by atoms with Gasteiger partial charge in [-0.3, -0.25) is 14.5 Å². The van der Waals surface area contributed by atoms with Gasteiger partial charge in [0.05, 0.1) is 21.5 Å². The Morgan fingerprint density at radius 1 is 1.10 bits per heavy atom. The number of benzene rings is 2. The lowest BCUT2D eigenvalue weighted by atomic mass is 10.2. The van der Waals surface area contributed by atoms with Gasteiger partial charge in [0.25, 0.3) is 11.1 Å². The second kappa shape index (κ2) is 9.22. The number of nitrogens with zero attached hydrogens (tertiary/aromatic N) is 1. The number of aryl methyl sites for hydroxylation is 1. The number of carbonyl (C=O) groups excluding carboxylic acids is 2. The van der Waals surface area contributed by atoms with Gasteiger partial charge in [-0.2, -0.15) is 0 Å². The van der Waals surface area contributed by atoms with E-state index >= 15 is 0 Å². The second-order valence-corrected chi connectivity index (χ2v) is 8.58. The topological polar surface area (TPSA) is 59.8 Å². The number of amides is 2. The summed E-state index contributed by atoms with van der Waals surface area (Å²) in [5.74, 6) is 1.28. The van der Waals surface area contributed by atoms with Crippen LogP contribution in [-0.2, 0) is 4.79 Å². The van der Waals surface area contributed by atoms with Crippen molar-refractivity contribution in [3.63, 3.8) is 0 Å². The van der Waals surface area contributed by atoms with Crippen LogP contribution in [0, 0.1) is 6.92 Å². The van der Waals surface area contributed by atoms with Crippen molar-refractivity contribution in [2.75, 3.05) is 13.2 Å². The SMILES string of the molecule is Cc1cccc(OCCN2C(=O)S/C(=C\c3ccc(-c4cccc(Cl)c4Cl)o3)C2=O)c1. The molecule has 2 heterocycles. The van der Waals surface area contributed by atoms with Crippen molar-refractivity contribution >= 4 is 52.2 Å². The largest absolute Gasteiger partial charge is 0.492 e. The average Bonchev–Trinajstić information content (AvgIpc) is 3.30. The molecule has 1 aliphatic rings. The Morgan fingerprint density at radius 2 is 1.90 bits per heavy atom. The third-order valence-corrected chi connectivity index (χ3v) is 6.29. The highest BCUT2D eigenvalue weighted by molar-refractivity contribution is 8.18. The lowest BCUT2D eigenvalue weighted by Gasteiger charge is -2.13. The molecule has 8 heteroatoms. The number of hydrogen-bond donors (Lipinski definition) is 0. The van der Waals surface area contributed by atoms with Crippen molar-refractivity contribution < 1.29 is 18.7 Å². The Hall–Kier alpha value is -2.67. The molecule has 2 amide bonds. The van der Waals surface area contributed by atoms with Crippen molar-refractivity contribution in [2.45, 2.75) is 6.92 Å². The first-order chi connectivity index (χ1) is 14.9. The first kappa shape index (κ1) is 21.6. The van der Waals surface area contributed by atoms with Crippen molar-refractivity contribution in [1.82, 2.24) is 4.90 Å². The van der Waals surface area contributed by atoms with Gasteiger partial charge in [-0.05, 0) is 60.6 Å². The molecule has 1 saturated heterocycles. The van der Waals surface area contributed by atoms with Gasteiger partial charge in [-0.15, -0.1) is 0 Å². The number of carbonyl (C=O) groups is 2. The molecular formula is C23H17Cl2NO4S. The van der Waals surface area contributed by atoms with Crippen LogP contribution in [0.4, 0.5) is 4.79 Å². The van der Waals surface area contributed by atoms with Gasteiger partial charge in [0.15, 0.2) is 0 Å². The van der Waals surface area contributed by atoms with Crippen LogP contribution in [0.15, 0.2) is 63.9 Å². The quantitative estimate of drug-likeness (QED) is 0.373. The Bertz CT molecular complexity index is 1190. The van der Waals surface area contributed by atoms with Crippen LogP contribution in [0.1, 0.15) is 11.3 Å². The standard InChI is InChI=1S/C23H17Cl2NO4S/c1-14-4-2-5-15(12-14)29-11-10-26-22(27)20(31-23(26)28)13-16-8-9-19(30-16)17-6-3-7-18(24)21(17)25/h2-9,12-13H,10-11H2,1H3/b20-13-. The third kappa shape index (κ3) is 4.82. The monoisotopic (exact) mass is 473 g/mol. The molecule has 1 aromatic heterocycles. The van der Waals surface area contributed by atoms with E-state index in [2.05, 4.69) is 0 Å². The first-order valence-corrected chi connectivity index (χ1v) is 11.0. The zero-order valence-electron chi connectivity index (χ0n) is 16.4. The summed E-state index contributed by atoms with van der Waals surface area (Å²) in [5.41, 5.74) is 1.72. The molecular weight excluding hydrogens is 457 g/mol. The zero-order chi connectivity index (χ0) is 22.0. The Balaban J connectivity index is 1.44. The van der Waals surface area contributed by atoms with Crippen LogP contribution in [-0.4, -0.2) is 29.2 Å². The molecule has 0 N–H and O–H groups in total. The summed E-state index contributed by atoms with van der Waals surface area (Å²) in [7, 11) is 0. The number of furan rings is 1. The fourth-order valence-corrected chi connectivity index (χ4v) is 4.29. The van der Waals surface area contributed by atoms with Gasteiger partial charge in [0, 0.05) is 11.6 Å². The molecule has 5 nitrogen and oxygen atoms in total. The molecule has 0 saturated carbocycles. The van der Waals surface area contributed by atoms with Gasteiger partial charge in [0.2, 0.25) is 0 Å². The number of rotatable bonds is 6. The number of ether oxygens (including phenoxy) is 1. The molecule has 31 heavy (non-hydrogen) atoms. The van der Waals surface area contributed by atoms with E-state index in [0.717, 1.165) is 17.3 Å². The molecule has 2 aromatic carbocycles. The molecule has 158 valence electrons. The van der Waals surface area contributed by atoms with Gasteiger partial charge < -0.3 is 9.15 Å². The Labute approximate surface area is 193 Å². The van der Waals surface area contributed by atoms with E-state index in [1.54, 1.807) is 36.4 Å². The molecule has 3 aromatic rings. The Kier molecular flexibility index (Phi) is 6.41. The summed E-state index contributed by atoms with van der Waals surface area (Å²) in [6.07, 6.45) is 1.55. The predicted molar refractivity (Wildman–Crippen MR) is 124 cm³/mol. The van der Waals surface area contributed by atoms with E-state index in [-0.39, 0.29) is 24.3 Å². The maximum Gasteiger partial charge on any atom is 0.293 e. The molecule has 0 radical (unpaired) electrons. The van der Waals surface area contributed by atoms with Crippen LogP contribution in [0.25, 0.3) is 17.4 Å². The number of thioether (sulfide) groups is 1. The lowest BCUT2D eigenvalue weighted by Crippen LogP contribution is -2.32. The smallest absolute Gasteiger partial charge is 0.293 e. The van der Waals surface area contributed by atoms with Crippen LogP contribution in [0.3, 0.4) is 0 Å². The summed E-state index contributed by atoms with van der Waals surface area (Å²) >= 11 is 13.2. The van der Waals surface area contributed by atoms with E-state index < -0.39 is 0 Å². The van der Waals surface area contributed by atoms with Crippen LogP contribution in [0.2, 0.25) is 10.0 Å². The molecule has 0 bridgehead atoms. The highest BCUT2D eigenvalue weighted by Crippen LogP contribution is 2.36. The van der Waals surface area contributed by atoms with E-state index in [1.165, 1.54) is 4.90 Å². The normalized spacial score (nSPS) is 15.2. The molecule has 4 rings (SSSR count). The van der Waals surface area contributed by atoms with Gasteiger partial charge in [-0.1, -0.05) is 41.4 Å². The van der Waals surface area contributed by atoms with Gasteiger partial charge in [0.1, 0.15) is 23.9 Å². The minimum absolute atomic E-state index is 0.164. The zero-order valence-corrected chi connectivity index (χ0v) is 18.8. The number of halogens is 2. The highest BCUT2D eigenvalue weighted by atomic mass is 35.5. The lowest BCUT2D eigenvalue weighted by molar-refractivity contribution is -0.123. The van der Waals surface area contributed by atoms with Gasteiger partial charge in [-0.25, -0.2) is 0 Å². The molecule has 0 atom stereocenters. The molecule has 1 aliphatic heterocycles. The van der Waals surface area contributed by atoms with Crippen LogP contribution < -0.4 is 4.74 Å². The summed E-state index contributed by atoms with van der Waals surface area (Å²) in [6.45, 7) is 2.35. The molecule has 0 spiro atoms. The minimum atomic E-state index is -0.374. The number of imide groups is 1. The fourth-order valence-electron chi connectivity index (χ4n) is 3.05. The average molecular weight is 474 g/mol. The van der Waals surface area contributed by atoms with E-state index in [0.29, 0.717) is 37.8 Å². The van der Waals surface area contributed by atoms with Crippen LogP contribution >= 0.6 is 35.0 Å². The van der Waals surface area contributed by atoms with E-state index in [4.69, 9.17) is 32.4 Å². The van der Waals surface area contributed by atoms with Crippen molar-refractivity contribution in [2.24, 2.45) is 0 Å². The maximum atomic E-state index is 12.7. The third-order valence-electron chi connectivity index (χ3n) is 4.56.